The number of carbonyl (C=O) groups excluding carboxylic acids is 1. The van der Waals surface area contributed by atoms with Gasteiger partial charge in [-0.15, -0.1) is 0 Å². The predicted octanol–water partition coefficient (Wildman–Crippen LogP) is 4.33. The van der Waals surface area contributed by atoms with Crippen molar-refractivity contribution in [3.05, 3.63) is 48.0 Å². The van der Waals surface area contributed by atoms with Crippen molar-refractivity contribution in [3.63, 3.8) is 0 Å². The van der Waals surface area contributed by atoms with Gasteiger partial charge in [0.1, 0.15) is 6.61 Å². The smallest absolute Gasteiger partial charge is 0.407 e. The van der Waals surface area contributed by atoms with Gasteiger partial charge < -0.3 is 20.3 Å². The third kappa shape index (κ3) is 11.5. The highest BCUT2D eigenvalue weighted by atomic mass is 16.5. The number of rotatable bonds is 14. The van der Waals surface area contributed by atoms with Crippen molar-refractivity contribution in [1.82, 2.24) is 5.32 Å². The van der Waals surface area contributed by atoms with Gasteiger partial charge in [-0.2, -0.15) is 0 Å². The van der Waals surface area contributed by atoms with Crippen molar-refractivity contribution in [3.8, 4) is 0 Å². The molecule has 0 saturated heterocycles. The van der Waals surface area contributed by atoms with Crippen molar-refractivity contribution >= 4 is 6.09 Å². The minimum absolute atomic E-state index is 0.148. The molecule has 0 bridgehead atoms. The number of aliphatic hydroxyl groups excluding tert-OH is 2. The summed E-state index contributed by atoms with van der Waals surface area (Å²) < 4.78 is 5.11. The van der Waals surface area contributed by atoms with Crippen molar-refractivity contribution in [2.75, 3.05) is 6.61 Å². The Morgan fingerprint density at radius 3 is 2.44 bits per heavy atom. The number of allylic oxidation sites excluding steroid dienone is 1. The molecule has 2 atom stereocenters. The number of hydrogen-bond acceptors (Lipinski definition) is 4. The van der Waals surface area contributed by atoms with Crippen LogP contribution in [-0.4, -0.2) is 35.1 Å². The molecule has 152 valence electrons. The van der Waals surface area contributed by atoms with Gasteiger partial charge in [-0.1, -0.05) is 87.9 Å². The van der Waals surface area contributed by atoms with Crippen LogP contribution >= 0.6 is 0 Å². The maximum absolute atomic E-state index is 11.8. The monoisotopic (exact) mass is 377 g/mol. The van der Waals surface area contributed by atoms with Crippen LogP contribution in [0.4, 0.5) is 4.79 Å². The number of ether oxygens (including phenoxy) is 1. The van der Waals surface area contributed by atoms with Crippen LogP contribution in [0, 0.1) is 0 Å². The van der Waals surface area contributed by atoms with Crippen LogP contribution in [-0.2, 0) is 11.3 Å². The van der Waals surface area contributed by atoms with Gasteiger partial charge in [-0.3, -0.25) is 0 Å². The Balaban J connectivity index is 2.20. The first-order valence-electron chi connectivity index (χ1n) is 10.1. The van der Waals surface area contributed by atoms with Gasteiger partial charge in [-0.05, 0) is 18.4 Å². The zero-order chi connectivity index (χ0) is 19.7. The molecule has 3 N–H and O–H groups in total. The summed E-state index contributed by atoms with van der Waals surface area (Å²) in [5.41, 5.74) is 0.878. The van der Waals surface area contributed by atoms with Crippen LogP contribution in [0.5, 0.6) is 0 Å². The topological polar surface area (TPSA) is 78.8 Å². The van der Waals surface area contributed by atoms with Gasteiger partial charge in [0.2, 0.25) is 0 Å². The molecule has 27 heavy (non-hydrogen) atoms. The van der Waals surface area contributed by atoms with Gasteiger partial charge in [-0.25, -0.2) is 4.79 Å². The molecular formula is C22H35NO4. The van der Waals surface area contributed by atoms with Crippen LogP contribution < -0.4 is 5.32 Å². The molecule has 0 fully saturated rings. The van der Waals surface area contributed by atoms with Gasteiger partial charge >= 0.3 is 6.09 Å². The molecule has 0 spiro atoms. The second kappa shape index (κ2) is 15.2. The molecule has 0 saturated carbocycles. The van der Waals surface area contributed by atoms with E-state index in [0.717, 1.165) is 18.4 Å². The van der Waals surface area contributed by atoms with Crippen molar-refractivity contribution in [2.24, 2.45) is 0 Å². The lowest BCUT2D eigenvalue weighted by molar-refractivity contribution is 0.0972. The fourth-order valence-corrected chi connectivity index (χ4v) is 2.74. The maximum Gasteiger partial charge on any atom is 0.407 e. The summed E-state index contributed by atoms with van der Waals surface area (Å²) in [7, 11) is 0. The normalized spacial score (nSPS) is 13.4. The second-order valence-electron chi connectivity index (χ2n) is 6.82. The van der Waals surface area contributed by atoms with E-state index in [1.807, 2.05) is 36.4 Å². The standard InChI is InChI=1S/C22H35NO4/c1-2-3-4-5-6-7-8-9-13-16-21(25)20(17-24)23-22(26)27-18-19-14-11-10-12-15-19/h10-16,20-21,24-25H,2-9,17-18H2,1H3,(H,23,26)/b16-13-/t20?,21-/m1/s1. The number of carbonyl (C=O) groups is 1. The summed E-state index contributed by atoms with van der Waals surface area (Å²) in [4.78, 5) is 11.8. The quantitative estimate of drug-likeness (QED) is 0.333. The van der Waals surface area contributed by atoms with Crippen LogP contribution in [0.2, 0.25) is 0 Å². The minimum atomic E-state index is -0.941. The van der Waals surface area contributed by atoms with Crippen molar-refractivity contribution in [2.45, 2.75) is 77.0 Å². The number of benzene rings is 1. The van der Waals surface area contributed by atoms with Crippen LogP contribution in [0.15, 0.2) is 42.5 Å². The van der Waals surface area contributed by atoms with E-state index in [4.69, 9.17) is 4.74 Å². The summed E-state index contributed by atoms with van der Waals surface area (Å²) in [6.45, 7) is 2.01. The van der Waals surface area contributed by atoms with E-state index < -0.39 is 18.2 Å². The molecule has 1 unspecified atom stereocenters. The van der Waals surface area contributed by atoms with E-state index >= 15 is 0 Å². The predicted molar refractivity (Wildman–Crippen MR) is 108 cm³/mol. The molecule has 5 nitrogen and oxygen atoms in total. The summed E-state index contributed by atoms with van der Waals surface area (Å²) in [5.74, 6) is 0. The number of amides is 1. The number of hydrogen-bond donors (Lipinski definition) is 3. The largest absolute Gasteiger partial charge is 0.445 e. The lowest BCUT2D eigenvalue weighted by Gasteiger charge is -2.19. The highest BCUT2D eigenvalue weighted by Crippen LogP contribution is 2.09. The molecule has 0 aliphatic heterocycles. The van der Waals surface area contributed by atoms with Crippen LogP contribution in [0.25, 0.3) is 0 Å². The fraction of sp³-hybridized carbons (Fsp3) is 0.591. The van der Waals surface area contributed by atoms with Gasteiger partial charge in [0, 0.05) is 0 Å². The summed E-state index contributed by atoms with van der Waals surface area (Å²) in [6.07, 6.45) is 11.6. The zero-order valence-electron chi connectivity index (χ0n) is 16.5. The molecule has 0 aliphatic rings. The van der Waals surface area contributed by atoms with E-state index in [0.29, 0.717) is 0 Å². The number of aliphatic hydroxyl groups is 2. The highest BCUT2D eigenvalue weighted by Gasteiger charge is 2.19. The van der Waals surface area contributed by atoms with Crippen LogP contribution in [0.3, 0.4) is 0 Å². The molecule has 1 aromatic carbocycles. The zero-order valence-corrected chi connectivity index (χ0v) is 16.5. The van der Waals surface area contributed by atoms with Gasteiger partial charge in [0.05, 0.1) is 18.8 Å². The second-order valence-corrected chi connectivity index (χ2v) is 6.82. The summed E-state index contributed by atoms with van der Waals surface area (Å²) in [5, 5.41) is 22.0. The molecule has 1 rings (SSSR count). The Hall–Kier alpha value is -1.85. The lowest BCUT2D eigenvalue weighted by atomic mass is 10.1. The molecule has 1 aromatic rings. The molecule has 0 radical (unpaired) electrons. The molecule has 5 heteroatoms. The number of nitrogens with one attached hydrogen (secondary N) is 1. The lowest BCUT2D eigenvalue weighted by Crippen LogP contribution is -2.45. The maximum atomic E-state index is 11.8. The molecule has 0 heterocycles. The molecule has 0 aliphatic carbocycles. The summed E-state index contributed by atoms with van der Waals surface area (Å²) in [6, 6.07) is 8.56. The number of unbranched alkanes of at least 4 members (excludes halogenated alkanes) is 7. The van der Waals surface area contributed by atoms with E-state index in [-0.39, 0.29) is 13.2 Å². The Morgan fingerprint density at radius 2 is 1.78 bits per heavy atom. The fourth-order valence-electron chi connectivity index (χ4n) is 2.74. The highest BCUT2D eigenvalue weighted by molar-refractivity contribution is 5.67. The Bertz CT molecular complexity index is 518. The van der Waals surface area contributed by atoms with Crippen LogP contribution in [0.1, 0.15) is 63.9 Å². The third-order valence-electron chi connectivity index (χ3n) is 4.43. The van der Waals surface area contributed by atoms with Gasteiger partial charge in [0.15, 0.2) is 0 Å². The Labute approximate surface area is 163 Å². The first-order valence-corrected chi connectivity index (χ1v) is 10.1. The van der Waals surface area contributed by atoms with Gasteiger partial charge in [0.25, 0.3) is 0 Å². The summed E-state index contributed by atoms with van der Waals surface area (Å²) >= 11 is 0. The minimum Gasteiger partial charge on any atom is -0.445 e. The Kier molecular flexibility index (Phi) is 13.1. The van der Waals surface area contributed by atoms with E-state index in [1.54, 1.807) is 6.08 Å². The first-order chi connectivity index (χ1) is 13.2. The van der Waals surface area contributed by atoms with Crippen molar-refractivity contribution < 1.29 is 19.7 Å². The molecule has 1 amide bonds. The SMILES string of the molecule is CCCCCCCCC/C=C\[C@@H](O)C(CO)NC(=O)OCc1ccccc1. The van der Waals surface area contributed by atoms with E-state index in [1.165, 1.54) is 38.5 Å². The average Bonchev–Trinajstić information content (AvgIpc) is 2.69. The van der Waals surface area contributed by atoms with E-state index in [9.17, 15) is 15.0 Å². The average molecular weight is 378 g/mol. The molecule has 0 aromatic heterocycles. The van der Waals surface area contributed by atoms with Crippen molar-refractivity contribution in [1.29, 1.82) is 0 Å². The third-order valence-corrected chi connectivity index (χ3v) is 4.43. The first kappa shape index (κ1) is 23.2. The molecular weight excluding hydrogens is 342 g/mol. The number of alkyl carbamates (subject to hydrolysis) is 1. The van der Waals surface area contributed by atoms with E-state index in [2.05, 4.69) is 12.2 Å². The Morgan fingerprint density at radius 1 is 1.11 bits per heavy atom.